The maximum atomic E-state index is 13.2. The van der Waals surface area contributed by atoms with E-state index in [4.69, 9.17) is 10.5 Å². The molecular weight excluding hydrogens is 245 g/mol. The molecule has 0 aromatic heterocycles. The summed E-state index contributed by atoms with van der Waals surface area (Å²) in [6, 6.07) is 9.10. The van der Waals surface area contributed by atoms with Crippen LogP contribution in [0.4, 0.5) is 10.1 Å². The zero-order chi connectivity index (χ0) is 14.0. The van der Waals surface area contributed by atoms with Crippen molar-refractivity contribution in [1.82, 2.24) is 0 Å². The van der Waals surface area contributed by atoms with E-state index in [1.165, 1.54) is 25.3 Å². The van der Waals surface area contributed by atoms with Crippen molar-refractivity contribution in [1.29, 1.82) is 0 Å². The third-order valence-corrected chi connectivity index (χ3v) is 2.89. The Labute approximate surface area is 110 Å². The number of hydrogen-bond acceptors (Lipinski definition) is 3. The van der Waals surface area contributed by atoms with E-state index in [1.54, 1.807) is 25.1 Å². The van der Waals surface area contributed by atoms with E-state index < -0.39 is 0 Å². The normalized spacial score (nSPS) is 10.3. The molecule has 0 bridgehead atoms. The Morgan fingerprint density at radius 3 is 2.58 bits per heavy atom. The van der Waals surface area contributed by atoms with Crippen LogP contribution in [-0.4, -0.2) is 12.9 Å². The van der Waals surface area contributed by atoms with Crippen molar-refractivity contribution in [3.63, 3.8) is 0 Å². The molecule has 19 heavy (non-hydrogen) atoms. The van der Waals surface area contributed by atoms with Crippen molar-refractivity contribution in [2.75, 3.05) is 12.8 Å². The molecule has 0 spiro atoms. The van der Waals surface area contributed by atoms with E-state index in [0.717, 1.165) is 0 Å². The minimum Gasteiger partial charge on any atom is -0.496 e. The molecule has 0 aliphatic carbocycles. The number of nitrogens with two attached hydrogens (primary N) is 1. The Morgan fingerprint density at radius 2 is 1.95 bits per heavy atom. The van der Waals surface area contributed by atoms with E-state index in [9.17, 15) is 9.18 Å². The maximum absolute atomic E-state index is 13.2. The number of halogens is 1. The number of anilines is 1. The Morgan fingerprint density at radius 1 is 1.21 bits per heavy atom. The predicted octanol–water partition coefficient (Wildman–Crippen LogP) is 2.96. The number of nitrogen functional groups attached to an aromatic ring is 1. The Hall–Kier alpha value is -2.36. The summed E-state index contributed by atoms with van der Waals surface area (Å²) in [5.74, 6) is -0.135. The van der Waals surface area contributed by atoms with Gasteiger partial charge in [-0.15, -0.1) is 0 Å². The van der Waals surface area contributed by atoms with Gasteiger partial charge in [0.05, 0.1) is 12.7 Å². The van der Waals surface area contributed by atoms with Gasteiger partial charge in [0.25, 0.3) is 0 Å². The number of hydrogen-bond donors (Lipinski definition) is 1. The second kappa shape index (κ2) is 5.10. The average molecular weight is 259 g/mol. The van der Waals surface area contributed by atoms with Crippen molar-refractivity contribution >= 4 is 11.5 Å². The predicted molar refractivity (Wildman–Crippen MR) is 72.0 cm³/mol. The summed E-state index contributed by atoms with van der Waals surface area (Å²) in [5.41, 5.74) is 7.36. The van der Waals surface area contributed by atoms with E-state index in [-0.39, 0.29) is 11.6 Å². The lowest BCUT2D eigenvalue weighted by molar-refractivity contribution is 0.103. The molecule has 4 heteroatoms. The van der Waals surface area contributed by atoms with E-state index in [2.05, 4.69) is 0 Å². The van der Waals surface area contributed by atoms with Crippen LogP contribution in [0.5, 0.6) is 5.75 Å². The first-order chi connectivity index (χ1) is 9.02. The monoisotopic (exact) mass is 259 g/mol. The van der Waals surface area contributed by atoms with Crippen LogP contribution >= 0.6 is 0 Å². The zero-order valence-electron chi connectivity index (χ0n) is 10.7. The number of ketones is 1. The van der Waals surface area contributed by atoms with Crippen molar-refractivity contribution in [2.45, 2.75) is 6.92 Å². The van der Waals surface area contributed by atoms with Gasteiger partial charge in [-0.2, -0.15) is 0 Å². The molecule has 0 aliphatic rings. The molecule has 0 saturated carbocycles. The molecular formula is C15H14FNO2. The number of rotatable bonds is 3. The first kappa shape index (κ1) is 13.1. The minimum absolute atomic E-state index is 0.243. The van der Waals surface area contributed by atoms with Gasteiger partial charge in [-0.3, -0.25) is 4.79 Å². The minimum atomic E-state index is -0.337. The van der Waals surface area contributed by atoms with Crippen LogP contribution in [0.2, 0.25) is 0 Å². The molecule has 0 heterocycles. The topological polar surface area (TPSA) is 52.3 Å². The van der Waals surface area contributed by atoms with Crippen molar-refractivity contribution < 1.29 is 13.9 Å². The average Bonchev–Trinajstić information content (AvgIpc) is 2.41. The van der Waals surface area contributed by atoms with Crippen molar-refractivity contribution in [3.8, 4) is 5.75 Å². The fourth-order valence-electron chi connectivity index (χ4n) is 1.84. The second-order valence-corrected chi connectivity index (χ2v) is 4.25. The van der Waals surface area contributed by atoms with Gasteiger partial charge in [0.15, 0.2) is 5.78 Å². The van der Waals surface area contributed by atoms with E-state index >= 15 is 0 Å². The SMILES string of the molecule is COc1ccc(N)cc1C(=O)c1ccc(F)c(C)c1. The lowest BCUT2D eigenvalue weighted by Gasteiger charge is -2.09. The number of ether oxygens (including phenoxy) is 1. The molecule has 98 valence electrons. The van der Waals surface area contributed by atoms with Gasteiger partial charge >= 0.3 is 0 Å². The lowest BCUT2D eigenvalue weighted by Crippen LogP contribution is -2.05. The summed E-state index contributed by atoms with van der Waals surface area (Å²) in [4.78, 5) is 12.4. The molecule has 0 amide bonds. The van der Waals surface area contributed by atoms with Gasteiger partial charge in [-0.05, 0) is 48.9 Å². The summed E-state index contributed by atoms with van der Waals surface area (Å²) >= 11 is 0. The summed E-state index contributed by atoms with van der Waals surface area (Å²) in [7, 11) is 1.48. The third kappa shape index (κ3) is 2.57. The van der Waals surface area contributed by atoms with Crippen LogP contribution in [0, 0.1) is 12.7 Å². The second-order valence-electron chi connectivity index (χ2n) is 4.25. The smallest absolute Gasteiger partial charge is 0.196 e. The highest BCUT2D eigenvalue weighted by atomic mass is 19.1. The quantitative estimate of drug-likeness (QED) is 0.681. The number of benzene rings is 2. The lowest BCUT2D eigenvalue weighted by atomic mass is 10.00. The van der Waals surface area contributed by atoms with Gasteiger partial charge in [-0.25, -0.2) is 4.39 Å². The number of methoxy groups -OCH3 is 1. The summed E-state index contributed by atoms with van der Waals surface area (Å²) < 4.78 is 18.4. The largest absolute Gasteiger partial charge is 0.496 e. The van der Waals surface area contributed by atoms with Crippen LogP contribution in [0.25, 0.3) is 0 Å². The number of carbonyl (C=O) groups excluding carboxylic acids is 1. The Balaban J connectivity index is 2.49. The van der Waals surface area contributed by atoms with Gasteiger partial charge in [-0.1, -0.05) is 0 Å². The Kier molecular flexibility index (Phi) is 3.51. The standard InChI is InChI=1S/C15H14FNO2/c1-9-7-10(3-5-13(9)16)15(18)12-8-11(17)4-6-14(12)19-2/h3-8H,17H2,1-2H3. The fourth-order valence-corrected chi connectivity index (χ4v) is 1.84. The van der Waals surface area contributed by atoms with Crippen LogP contribution in [-0.2, 0) is 0 Å². The van der Waals surface area contributed by atoms with Crippen LogP contribution in [0.15, 0.2) is 36.4 Å². The van der Waals surface area contributed by atoms with E-state index in [1.807, 2.05) is 0 Å². The molecule has 2 N–H and O–H groups in total. The molecule has 3 nitrogen and oxygen atoms in total. The molecule has 0 aliphatic heterocycles. The van der Waals surface area contributed by atoms with Gasteiger partial charge in [0, 0.05) is 11.3 Å². The molecule has 0 unspecified atom stereocenters. The maximum Gasteiger partial charge on any atom is 0.196 e. The molecule has 2 aromatic carbocycles. The fraction of sp³-hybridized carbons (Fsp3) is 0.133. The molecule has 2 rings (SSSR count). The summed E-state index contributed by atoms with van der Waals surface area (Å²) in [6.45, 7) is 1.61. The van der Waals surface area contributed by atoms with Crippen LogP contribution < -0.4 is 10.5 Å². The van der Waals surface area contributed by atoms with Crippen LogP contribution in [0.3, 0.4) is 0 Å². The van der Waals surface area contributed by atoms with Crippen LogP contribution in [0.1, 0.15) is 21.5 Å². The van der Waals surface area contributed by atoms with Crippen molar-refractivity contribution in [3.05, 3.63) is 58.9 Å². The molecule has 0 saturated heterocycles. The Bertz CT molecular complexity index is 638. The van der Waals surface area contributed by atoms with Gasteiger partial charge in [0.1, 0.15) is 11.6 Å². The highest BCUT2D eigenvalue weighted by Gasteiger charge is 2.15. The number of carbonyl (C=O) groups is 1. The molecule has 0 fully saturated rings. The zero-order valence-corrected chi connectivity index (χ0v) is 10.7. The first-order valence-corrected chi connectivity index (χ1v) is 5.77. The summed E-state index contributed by atoms with van der Waals surface area (Å²) in [5, 5.41) is 0. The highest BCUT2D eigenvalue weighted by Crippen LogP contribution is 2.24. The summed E-state index contributed by atoms with van der Waals surface area (Å²) in [6.07, 6.45) is 0. The first-order valence-electron chi connectivity index (χ1n) is 5.77. The molecule has 2 aromatic rings. The third-order valence-electron chi connectivity index (χ3n) is 2.89. The van der Waals surface area contributed by atoms with Gasteiger partial charge < -0.3 is 10.5 Å². The van der Waals surface area contributed by atoms with E-state index in [0.29, 0.717) is 28.1 Å². The van der Waals surface area contributed by atoms with Gasteiger partial charge in [0.2, 0.25) is 0 Å². The van der Waals surface area contributed by atoms with Crippen molar-refractivity contribution in [2.24, 2.45) is 0 Å². The number of aryl methyl sites for hydroxylation is 1. The highest BCUT2D eigenvalue weighted by molar-refractivity contribution is 6.11. The molecule has 0 atom stereocenters. The molecule has 0 radical (unpaired) electrons.